The van der Waals surface area contributed by atoms with Crippen molar-refractivity contribution in [2.24, 2.45) is 0 Å². The predicted molar refractivity (Wildman–Crippen MR) is 118 cm³/mol. The summed E-state index contributed by atoms with van der Waals surface area (Å²) in [7, 11) is -3.85. The largest absolute Gasteiger partial charge is 0.350 e. The van der Waals surface area contributed by atoms with Crippen LogP contribution in [0.2, 0.25) is 0 Å². The van der Waals surface area contributed by atoms with Gasteiger partial charge in [-0.15, -0.1) is 0 Å². The van der Waals surface area contributed by atoms with Gasteiger partial charge in [0.15, 0.2) is 0 Å². The number of hydrogen-bond acceptors (Lipinski definition) is 6. The topological polar surface area (TPSA) is 130 Å². The highest BCUT2D eigenvalue weighted by atomic mass is 32.2. The van der Waals surface area contributed by atoms with Crippen molar-refractivity contribution in [3.05, 3.63) is 69.8 Å². The van der Waals surface area contributed by atoms with Gasteiger partial charge in [-0.1, -0.05) is 30.3 Å². The number of nitrogens with one attached hydrogen (secondary N) is 1. The molecule has 0 aromatic heterocycles. The zero-order valence-electron chi connectivity index (χ0n) is 17.6. The molecule has 32 heavy (non-hydrogen) atoms. The zero-order chi connectivity index (χ0) is 23.3. The zero-order valence-corrected chi connectivity index (χ0v) is 18.4. The molecule has 0 spiro atoms. The average Bonchev–Trinajstić information content (AvgIpc) is 3.14. The molecule has 1 saturated heterocycles. The number of sulfonamides is 1. The molecule has 170 valence electrons. The Kier molecular flexibility index (Phi) is 7.08. The maximum atomic E-state index is 12.5. The molecule has 3 rings (SSSR count). The van der Waals surface area contributed by atoms with Crippen LogP contribution in [0.5, 0.6) is 0 Å². The van der Waals surface area contributed by atoms with E-state index in [1.807, 2.05) is 24.3 Å². The number of likely N-dealkylation sites (tertiary alicyclic amines) is 1. The highest BCUT2D eigenvalue weighted by molar-refractivity contribution is 7.92. The van der Waals surface area contributed by atoms with Gasteiger partial charge in [0.2, 0.25) is 21.8 Å². The molecule has 0 saturated carbocycles. The number of benzene rings is 2. The lowest BCUT2D eigenvalue weighted by Crippen LogP contribution is -2.40. The first-order chi connectivity index (χ1) is 15.1. The molecule has 1 fully saturated rings. The van der Waals surface area contributed by atoms with Crippen LogP contribution in [-0.2, 0) is 32.7 Å². The first-order valence-corrected chi connectivity index (χ1v) is 11.8. The van der Waals surface area contributed by atoms with Crippen molar-refractivity contribution < 1.29 is 22.9 Å². The van der Waals surface area contributed by atoms with Crippen molar-refractivity contribution in [2.75, 3.05) is 23.7 Å². The number of nitro benzene ring substituents is 1. The smallest absolute Gasteiger partial charge is 0.271 e. The van der Waals surface area contributed by atoms with Gasteiger partial charge in [0, 0.05) is 38.2 Å². The van der Waals surface area contributed by atoms with Crippen LogP contribution in [0.4, 0.5) is 11.4 Å². The van der Waals surface area contributed by atoms with E-state index in [4.69, 9.17) is 0 Å². The molecule has 0 radical (unpaired) electrons. The van der Waals surface area contributed by atoms with E-state index in [-0.39, 0.29) is 23.8 Å². The van der Waals surface area contributed by atoms with Crippen molar-refractivity contribution in [1.82, 2.24) is 10.2 Å². The fourth-order valence-corrected chi connectivity index (χ4v) is 4.33. The third kappa shape index (κ3) is 6.03. The minimum Gasteiger partial charge on any atom is -0.350 e. The van der Waals surface area contributed by atoms with Gasteiger partial charge < -0.3 is 10.2 Å². The maximum Gasteiger partial charge on any atom is 0.271 e. The molecule has 11 heteroatoms. The Morgan fingerprint density at radius 3 is 2.56 bits per heavy atom. The second kappa shape index (κ2) is 9.77. The van der Waals surface area contributed by atoms with Gasteiger partial charge in [0.05, 0.1) is 16.9 Å². The van der Waals surface area contributed by atoms with E-state index in [2.05, 4.69) is 5.32 Å². The number of amides is 2. The summed E-state index contributed by atoms with van der Waals surface area (Å²) in [5.74, 6) is -0.423. The fraction of sp³-hybridized carbons (Fsp3) is 0.333. The van der Waals surface area contributed by atoms with Gasteiger partial charge in [0.25, 0.3) is 5.69 Å². The summed E-state index contributed by atoms with van der Waals surface area (Å²) in [6, 6.07) is 12.6. The Morgan fingerprint density at radius 1 is 1.19 bits per heavy atom. The quantitative estimate of drug-likeness (QED) is 0.449. The summed E-state index contributed by atoms with van der Waals surface area (Å²) in [4.78, 5) is 36.4. The number of anilines is 1. The molecule has 2 aromatic carbocycles. The number of nitro groups is 1. The third-order valence-electron chi connectivity index (χ3n) is 5.04. The van der Waals surface area contributed by atoms with Crippen LogP contribution >= 0.6 is 0 Å². The predicted octanol–water partition coefficient (Wildman–Crippen LogP) is 1.80. The average molecular weight is 461 g/mol. The van der Waals surface area contributed by atoms with E-state index in [9.17, 15) is 28.1 Å². The molecule has 2 amide bonds. The number of rotatable bonds is 9. The standard InChI is InChI=1S/C21H24N4O6S/c1-32(30,31)24(18-7-3-8-19(12-18)25(28)29)15-20(26)22-13-16-5-2-6-17(11-16)14-23-10-4-9-21(23)27/h2-3,5-8,11-12H,4,9-10,13-15H2,1H3,(H,22,26). The third-order valence-corrected chi connectivity index (χ3v) is 6.18. The number of nitrogens with zero attached hydrogens (tertiary/aromatic N) is 3. The number of carbonyl (C=O) groups excluding carboxylic acids is 2. The van der Waals surface area contributed by atoms with Gasteiger partial charge >= 0.3 is 0 Å². The van der Waals surface area contributed by atoms with Crippen LogP contribution in [0.15, 0.2) is 48.5 Å². The highest BCUT2D eigenvalue weighted by Gasteiger charge is 2.23. The Morgan fingerprint density at radius 2 is 1.91 bits per heavy atom. The number of hydrogen-bond donors (Lipinski definition) is 1. The molecule has 0 atom stereocenters. The van der Waals surface area contributed by atoms with Crippen LogP contribution in [0.1, 0.15) is 24.0 Å². The molecule has 2 aromatic rings. The van der Waals surface area contributed by atoms with Crippen molar-refractivity contribution in [3.8, 4) is 0 Å². The van der Waals surface area contributed by atoms with E-state index in [0.717, 1.165) is 40.7 Å². The molecule has 1 heterocycles. The van der Waals surface area contributed by atoms with Crippen molar-refractivity contribution in [3.63, 3.8) is 0 Å². The van der Waals surface area contributed by atoms with E-state index in [1.165, 1.54) is 18.2 Å². The highest BCUT2D eigenvalue weighted by Crippen LogP contribution is 2.23. The van der Waals surface area contributed by atoms with Gasteiger partial charge in [-0.2, -0.15) is 0 Å². The molecule has 1 N–H and O–H groups in total. The van der Waals surface area contributed by atoms with Crippen LogP contribution in [0.3, 0.4) is 0 Å². The van der Waals surface area contributed by atoms with E-state index >= 15 is 0 Å². The van der Waals surface area contributed by atoms with Gasteiger partial charge in [-0.25, -0.2) is 8.42 Å². The van der Waals surface area contributed by atoms with Crippen molar-refractivity contribution >= 4 is 33.2 Å². The molecule has 0 unspecified atom stereocenters. The molecular formula is C21H24N4O6S. The summed E-state index contributed by atoms with van der Waals surface area (Å²) in [5, 5.41) is 13.7. The second-order valence-corrected chi connectivity index (χ2v) is 9.47. The van der Waals surface area contributed by atoms with Gasteiger partial charge in [-0.05, 0) is 23.6 Å². The fourth-order valence-electron chi connectivity index (χ4n) is 3.48. The number of carbonyl (C=O) groups is 2. The molecule has 1 aliphatic heterocycles. The number of non-ortho nitro benzene ring substituents is 1. The lowest BCUT2D eigenvalue weighted by molar-refractivity contribution is -0.384. The Hall–Kier alpha value is -3.47. The van der Waals surface area contributed by atoms with Crippen LogP contribution in [-0.4, -0.2) is 49.4 Å². The Labute approximate surface area is 186 Å². The summed E-state index contributed by atoms with van der Waals surface area (Å²) in [6.45, 7) is 0.906. The summed E-state index contributed by atoms with van der Waals surface area (Å²) < 4.78 is 25.2. The summed E-state index contributed by atoms with van der Waals surface area (Å²) >= 11 is 0. The summed E-state index contributed by atoms with van der Waals surface area (Å²) in [5.41, 5.74) is 1.52. The monoisotopic (exact) mass is 460 g/mol. The van der Waals surface area contributed by atoms with Crippen molar-refractivity contribution in [2.45, 2.75) is 25.9 Å². The van der Waals surface area contributed by atoms with Crippen LogP contribution in [0.25, 0.3) is 0 Å². The van der Waals surface area contributed by atoms with E-state index < -0.39 is 27.4 Å². The molecule has 1 aliphatic rings. The first kappa shape index (κ1) is 23.2. The van der Waals surface area contributed by atoms with Crippen molar-refractivity contribution in [1.29, 1.82) is 0 Å². The maximum absolute atomic E-state index is 12.5. The van der Waals surface area contributed by atoms with Gasteiger partial charge in [-0.3, -0.25) is 24.0 Å². The van der Waals surface area contributed by atoms with Crippen LogP contribution in [0, 0.1) is 10.1 Å². The van der Waals surface area contributed by atoms with Gasteiger partial charge in [0.1, 0.15) is 6.54 Å². The second-order valence-electron chi connectivity index (χ2n) is 7.56. The summed E-state index contributed by atoms with van der Waals surface area (Å²) in [6.07, 6.45) is 2.36. The minimum atomic E-state index is -3.85. The molecule has 10 nitrogen and oxygen atoms in total. The normalized spacial score (nSPS) is 13.8. The molecular weight excluding hydrogens is 436 g/mol. The van der Waals surface area contributed by atoms with Crippen LogP contribution < -0.4 is 9.62 Å². The lowest BCUT2D eigenvalue weighted by atomic mass is 10.1. The SMILES string of the molecule is CS(=O)(=O)N(CC(=O)NCc1cccc(CN2CCCC2=O)c1)c1cccc([N+](=O)[O-])c1. The van der Waals surface area contributed by atoms with E-state index in [0.29, 0.717) is 13.0 Å². The Balaban J connectivity index is 1.65. The lowest BCUT2D eigenvalue weighted by Gasteiger charge is -2.21. The molecule has 0 bridgehead atoms. The van der Waals surface area contributed by atoms with E-state index in [1.54, 1.807) is 4.90 Å². The molecule has 0 aliphatic carbocycles. The first-order valence-electron chi connectivity index (χ1n) is 9.98. The Bertz CT molecular complexity index is 1130. The minimum absolute atomic E-state index is 0.0362.